The van der Waals surface area contributed by atoms with E-state index in [4.69, 9.17) is 0 Å². The Balaban J connectivity index is 2.06. The van der Waals surface area contributed by atoms with Gasteiger partial charge in [-0.25, -0.2) is 0 Å². The van der Waals surface area contributed by atoms with Gasteiger partial charge in [-0.2, -0.15) is 0 Å². The zero-order valence-corrected chi connectivity index (χ0v) is 11.8. The Kier molecular flexibility index (Phi) is 4.66. The average Bonchev–Trinajstić information content (AvgIpc) is 2.50. The molecule has 20 heavy (non-hydrogen) atoms. The molecule has 3 heteroatoms. The van der Waals surface area contributed by atoms with E-state index >= 15 is 0 Å². The monoisotopic (exact) mass is 266 g/mol. The summed E-state index contributed by atoms with van der Waals surface area (Å²) in [6.07, 6.45) is 8.97. The number of carbonyl (C=O) groups is 1. The number of nitrogens with zero attached hydrogens (tertiary/aromatic N) is 2. The van der Waals surface area contributed by atoms with Gasteiger partial charge in [-0.3, -0.25) is 9.78 Å². The molecule has 0 aliphatic carbocycles. The first-order valence-corrected chi connectivity index (χ1v) is 6.65. The number of benzene rings is 1. The number of amides is 1. The number of aromatic nitrogens is 1. The van der Waals surface area contributed by atoms with Crippen molar-refractivity contribution in [1.29, 1.82) is 0 Å². The summed E-state index contributed by atoms with van der Waals surface area (Å²) in [7, 11) is 1.78. The van der Waals surface area contributed by atoms with Gasteiger partial charge < -0.3 is 4.90 Å². The molecule has 0 radical (unpaired) electrons. The van der Waals surface area contributed by atoms with Crippen molar-refractivity contribution in [2.45, 2.75) is 6.92 Å². The van der Waals surface area contributed by atoms with Gasteiger partial charge in [0, 0.05) is 31.3 Å². The lowest BCUT2D eigenvalue weighted by molar-refractivity contribution is -0.124. The van der Waals surface area contributed by atoms with Crippen molar-refractivity contribution >= 4 is 22.9 Å². The topological polar surface area (TPSA) is 33.2 Å². The molecular weight excluding hydrogens is 248 g/mol. The number of likely N-dealkylation sites (N-methyl/N-ethyl adjacent to an activating group) is 1. The third-order valence-electron chi connectivity index (χ3n) is 3.12. The first-order valence-electron chi connectivity index (χ1n) is 6.65. The van der Waals surface area contributed by atoms with Crippen LogP contribution in [0.25, 0.3) is 17.0 Å². The van der Waals surface area contributed by atoms with Crippen molar-refractivity contribution in [3.8, 4) is 0 Å². The molecule has 2 aromatic rings. The third-order valence-corrected chi connectivity index (χ3v) is 3.12. The SMILES string of the molecule is CCN(C)C(=O)C=CC=Cc1ccc2ncccc2c1. The molecule has 1 amide bonds. The Morgan fingerprint density at radius 1 is 1.30 bits per heavy atom. The minimum atomic E-state index is 0.0138. The number of carbonyl (C=O) groups excluding carboxylic acids is 1. The zero-order chi connectivity index (χ0) is 14.4. The molecule has 3 nitrogen and oxygen atoms in total. The van der Waals surface area contributed by atoms with Crippen LogP contribution in [-0.2, 0) is 4.79 Å². The van der Waals surface area contributed by atoms with Crippen molar-refractivity contribution in [1.82, 2.24) is 9.88 Å². The van der Waals surface area contributed by atoms with Crippen LogP contribution in [-0.4, -0.2) is 29.4 Å². The summed E-state index contributed by atoms with van der Waals surface area (Å²) >= 11 is 0. The van der Waals surface area contributed by atoms with Crippen LogP contribution in [0.2, 0.25) is 0 Å². The molecule has 102 valence electrons. The fourth-order valence-electron chi connectivity index (χ4n) is 1.79. The van der Waals surface area contributed by atoms with Crippen LogP contribution in [0, 0.1) is 0 Å². The molecule has 0 aliphatic heterocycles. The molecule has 0 bridgehead atoms. The molecule has 1 heterocycles. The first kappa shape index (κ1) is 14.0. The molecule has 1 aromatic heterocycles. The van der Waals surface area contributed by atoms with Crippen molar-refractivity contribution in [2.24, 2.45) is 0 Å². The second-order valence-corrected chi connectivity index (χ2v) is 4.53. The predicted molar refractivity (Wildman–Crippen MR) is 83.2 cm³/mol. The van der Waals surface area contributed by atoms with Gasteiger partial charge in [0.1, 0.15) is 0 Å². The van der Waals surface area contributed by atoms with Crippen LogP contribution in [0.15, 0.2) is 54.8 Å². The molecule has 0 atom stereocenters. The standard InChI is InChI=1S/C17H18N2O/c1-3-19(2)17(20)9-5-4-7-14-10-11-16-15(13-14)8-6-12-18-16/h4-13H,3H2,1-2H3. The Labute approximate surface area is 119 Å². The van der Waals surface area contributed by atoms with Crippen molar-refractivity contribution in [3.05, 3.63) is 60.3 Å². The first-order chi connectivity index (χ1) is 9.70. The fraction of sp³-hybridized carbons (Fsp3) is 0.176. The van der Waals surface area contributed by atoms with Crippen LogP contribution < -0.4 is 0 Å². The van der Waals surface area contributed by atoms with Gasteiger partial charge in [0.15, 0.2) is 0 Å². The Bertz CT molecular complexity index is 659. The van der Waals surface area contributed by atoms with Gasteiger partial charge in [-0.15, -0.1) is 0 Å². The summed E-state index contributed by atoms with van der Waals surface area (Å²) < 4.78 is 0. The number of rotatable bonds is 4. The molecule has 0 saturated carbocycles. The van der Waals surface area contributed by atoms with E-state index < -0.39 is 0 Å². The molecule has 0 saturated heterocycles. The van der Waals surface area contributed by atoms with Crippen molar-refractivity contribution < 1.29 is 4.79 Å². The van der Waals surface area contributed by atoms with E-state index in [-0.39, 0.29) is 5.91 Å². The van der Waals surface area contributed by atoms with E-state index in [1.807, 2.05) is 43.3 Å². The lowest BCUT2D eigenvalue weighted by Gasteiger charge is -2.10. The highest BCUT2D eigenvalue weighted by Gasteiger charge is 1.99. The second kappa shape index (κ2) is 6.66. The Morgan fingerprint density at radius 2 is 2.15 bits per heavy atom. The maximum Gasteiger partial charge on any atom is 0.246 e. The van der Waals surface area contributed by atoms with Crippen LogP contribution in [0.3, 0.4) is 0 Å². The number of fused-ring (bicyclic) bond motifs is 1. The van der Waals surface area contributed by atoms with Gasteiger partial charge in [0.05, 0.1) is 5.52 Å². The summed E-state index contributed by atoms with van der Waals surface area (Å²) in [6.45, 7) is 2.66. The molecule has 0 N–H and O–H groups in total. The molecule has 0 unspecified atom stereocenters. The maximum absolute atomic E-state index is 11.6. The van der Waals surface area contributed by atoms with Gasteiger partial charge >= 0.3 is 0 Å². The van der Waals surface area contributed by atoms with Crippen LogP contribution in [0.1, 0.15) is 12.5 Å². The van der Waals surface area contributed by atoms with Gasteiger partial charge in [0.25, 0.3) is 0 Å². The minimum Gasteiger partial charge on any atom is -0.343 e. The highest BCUT2D eigenvalue weighted by Crippen LogP contribution is 2.14. The van der Waals surface area contributed by atoms with Crippen LogP contribution in [0.4, 0.5) is 0 Å². The highest BCUT2D eigenvalue weighted by atomic mass is 16.2. The normalized spacial score (nSPS) is 11.5. The largest absolute Gasteiger partial charge is 0.343 e. The zero-order valence-electron chi connectivity index (χ0n) is 11.8. The van der Waals surface area contributed by atoms with Gasteiger partial charge in [-0.1, -0.05) is 30.4 Å². The van der Waals surface area contributed by atoms with E-state index in [0.717, 1.165) is 16.5 Å². The van der Waals surface area contributed by atoms with E-state index in [9.17, 15) is 4.79 Å². The van der Waals surface area contributed by atoms with E-state index in [0.29, 0.717) is 6.54 Å². The van der Waals surface area contributed by atoms with Crippen LogP contribution in [0.5, 0.6) is 0 Å². The number of allylic oxidation sites excluding steroid dienone is 2. The highest BCUT2D eigenvalue weighted by molar-refractivity contribution is 5.87. The van der Waals surface area contributed by atoms with Gasteiger partial charge in [-0.05, 0) is 30.7 Å². The smallest absolute Gasteiger partial charge is 0.246 e. The van der Waals surface area contributed by atoms with Crippen molar-refractivity contribution in [3.63, 3.8) is 0 Å². The van der Waals surface area contributed by atoms with Crippen LogP contribution >= 0.6 is 0 Å². The predicted octanol–water partition coefficient (Wildman–Crippen LogP) is 3.28. The summed E-state index contributed by atoms with van der Waals surface area (Å²) in [5.41, 5.74) is 2.08. The molecule has 0 aliphatic rings. The fourth-order valence-corrected chi connectivity index (χ4v) is 1.79. The Morgan fingerprint density at radius 3 is 2.95 bits per heavy atom. The average molecular weight is 266 g/mol. The Hall–Kier alpha value is -2.42. The number of hydrogen-bond donors (Lipinski definition) is 0. The molecule has 0 fully saturated rings. The second-order valence-electron chi connectivity index (χ2n) is 4.53. The summed E-state index contributed by atoms with van der Waals surface area (Å²) in [6, 6.07) is 10.0. The summed E-state index contributed by atoms with van der Waals surface area (Å²) in [5.74, 6) is 0.0138. The third kappa shape index (κ3) is 3.54. The molecule has 1 aromatic carbocycles. The number of hydrogen-bond acceptors (Lipinski definition) is 2. The number of pyridine rings is 1. The lowest BCUT2D eigenvalue weighted by atomic mass is 10.1. The lowest BCUT2D eigenvalue weighted by Crippen LogP contribution is -2.23. The maximum atomic E-state index is 11.6. The molecular formula is C17H18N2O. The van der Waals surface area contributed by atoms with E-state index in [1.165, 1.54) is 0 Å². The molecule has 2 rings (SSSR count). The molecule has 0 spiro atoms. The van der Waals surface area contributed by atoms with Gasteiger partial charge in [0.2, 0.25) is 5.91 Å². The van der Waals surface area contributed by atoms with Crippen molar-refractivity contribution in [2.75, 3.05) is 13.6 Å². The summed E-state index contributed by atoms with van der Waals surface area (Å²) in [4.78, 5) is 17.5. The quantitative estimate of drug-likeness (QED) is 0.628. The van der Waals surface area contributed by atoms with E-state index in [2.05, 4.69) is 11.1 Å². The summed E-state index contributed by atoms with van der Waals surface area (Å²) in [5, 5.41) is 1.11. The van der Waals surface area contributed by atoms with E-state index in [1.54, 1.807) is 30.3 Å². The minimum absolute atomic E-state index is 0.0138.